The smallest absolute Gasteiger partial charge is 0.137 e. The van der Waals surface area contributed by atoms with Crippen LogP contribution in [0.2, 0.25) is 0 Å². The molecule has 1 heterocycles. The molecular weight excluding hydrogens is 313 g/mol. The van der Waals surface area contributed by atoms with Crippen LogP contribution in [0.1, 0.15) is 11.1 Å². The molecule has 1 unspecified atom stereocenters. The van der Waals surface area contributed by atoms with Gasteiger partial charge in [0, 0.05) is 6.04 Å². The number of hydrogen-bond donors (Lipinski definition) is 1. The molecular formula is C14H15BrFNS. The van der Waals surface area contributed by atoms with Gasteiger partial charge in [-0.3, -0.25) is 0 Å². The fourth-order valence-corrected chi connectivity index (χ4v) is 3.05. The van der Waals surface area contributed by atoms with Crippen molar-refractivity contribution in [3.8, 4) is 0 Å². The topological polar surface area (TPSA) is 12.0 Å². The van der Waals surface area contributed by atoms with Crippen molar-refractivity contribution in [3.05, 3.63) is 56.4 Å². The summed E-state index contributed by atoms with van der Waals surface area (Å²) in [6, 6.07) is 7.65. The van der Waals surface area contributed by atoms with Crippen molar-refractivity contribution in [1.29, 1.82) is 0 Å². The van der Waals surface area contributed by atoms with Crippen LogP contribution in [0.5, 0.6) is 0 Å². The molecule has 0 aliphatic carbocycles. The van der Waals surface area contributed by atoms with Crippen LogP contribution < -0.4 is 5.32 Å². The summed E-state index contributed by atoms with van der Waals surface area (Å²) in [6.45, 7) is 0. The Morgan fingerprint density at radius 1 is 1.33 bits per heavy atom. The van der Waals surface area contributed by atoms with E-state index in [0.29, 0.717) is 10.5 Å². The lowest BCUT2D eigenvalue weighted by atomic mass is 10.0. The molecule has 0 saturated carbocycles. The Morgan fingerprint density at radius 2 is 2.17 bits per heavy atom. The Bertz CT molecular complexity index is 499. The van der Waals surface area contributed by atoms with Gasteiger partial charge in [0.2, 0.25) is 0 Å². The lowest BCUT2D eigenvalue weighted by molar-refractivity contribution is 0.551. The first-order valence-corrected chi connectivity index (χ1v) is 7.55. The van der Waals surface area contributed by atoms with E-state index in [1.807, 2.05) is 13.1 Å². The van der Waals surface area contributed by atoms with Gasteiger partial charge in [-0.05, 0) is 69.8 Å². The first-order valence-electron chi connectivity index (χ1n) is 5.82. The highest BCUT2D eigenvalue weighted by Gasteiger charge is 2.12. The molecule has 1 N–H and O–H groups in total. The van der Waals surface area contributed by atoms with Crippen LogP contribution >= 0.6 is 27.3 Å². The summed E-state index contributed by atoms with van der Waals surface area (Å²) < 4.78 is 14.0. The molecule has 1 aromatic heterocycles. The summed E-state index contributed by atoms with van der Waals surface area (Å²) >= 11 is 5.02. The van der Waals surface area contributed by atoms with Crippen molar-refractivity contribution < 1.29 is 4.39 Å². The third-order valence-corrected chi connectivity index (χ3v) is 4.59. The van der Waals surface area contributed by atoms with Crippen LogP contribution in [0.15, 0.2) is 39.5 Å². The zero-order valence-corrected chi connectivity index (χ0v) is 12.5. The Morgan fingerprint density at radius 3 is 2.83 bits per heavy atom. The normalized spacial score (nSPS) is 12.6. The Balaban J connectivity index is 2.08. The van der Waals surface area contributed by atoms with E-state index < -0.39 is 0 Å². The van der Waals surface area contributed by atoms with E-state index >= 15 is 0 Å². The van der Waals surface area contributed by atoms with E-state index in [-0.39, 0.29) is 5.82 Å². The van der Waals surface area contributed by atoms with Crippen molar-refractivity contribution >= 4 is 27.3 Å². The van der Waals surface area contributed by atoms with Gasteiger partial charge in [0.1, 0.15) is 5.82 Å². The van der Waals surface area contributed by atoms with Gasteiger partial charge < -0.3 is 5.32 Å². The van der Waals surface area contributed by atoms with E-state index in [4.69, 9.17) is 0 Å². The molecule has 1 nitrogen and oxygen atoms in total. The Labute approximate surface area is 119 Å². The molecule has 1 atom stereocenters. The largest absolute Gasteiger partial charge is 0.316 e. The summed E-state index contributed by atoms with van der Waals surface area (Å²) in [5.74, 6) is -0.196. The fourth-order valence-electron chi connectivity index (χ4n) is 1.94. The maximum absolute atomic E-state index is 13.4. The highest BCUT2D eigenvalue weighted by Crippen LogP contribution is 2.22. The monoisotopic (exact) mass is 327 g/mol. The molecule has 0 aliphatic rings. The quantitative estimate of drug-likeness (QED) is 0.874. The molecule has 0 bridgehead atoms. The number of nitrogens with one attached hydrogen (secondary N) is 1. The molecule has 18 heavy (non-hydrogen) atoms. The van der Waals surface area contributed by atoms with Gasteiger partial charge in [0.15, 0.2) is 0 Å². The second kappa shape index (κ2) is 6.45. The van der Waals surface area contributed by atoms with E-state index in [1.54, 1.807) is 17.4 Å². The van der Waals surface area contributed by atoms with Crippen LogP contribution in [-0.2, 0) is 12.8 Å². The van der Waals surface area contributed by atoms with Crippen molar-refractivity contribution in [1.82, 2.24) is 5.32 Å². The molecule has 2 aromatic rings. The first kappa shape index (κ1) is 13.7. The first-order chi connectivity index (χ1) is 8.70. The highest BCUT2D eigenvalue weighted by atomic mass is 79.9. The predicted molar refractivity (Wildman–Crippen MR) is 78.7 cm³/mol. The number of benzene rings is 1. The summed E-state index contributed by atoms with van der Waals surface area (Å²) in [5, 5.41) is 7.54. The number of thiophene rings is 1. The molecule has 0 amide bonds. The number of halogens is 2. The van der Waals surface area contributed by atoms with Crippen LogP contribution in [0.3, 0.4) is 0 Å². The average molecular weight is 328 g/mol. The zero-order chi connectivity index (χ0) is 13.0. The van der Waals surface area contributed by atoms with E-state index in [1.165, 1.54) is 11.6 Å². The molecule has 0 saturated heterocycles. The average Bonchev–Trinajstić information content (AvgIpc) is 2.86. The Kier molecular flexibility index (Phi) is 4.92. The second-order valence-corrected chi connectivity index (χ2v) is 5.81. The second-order valence-electron chi connectivity index (χ2n) is 4.24. The van der Waals surface area contributed by atoms with Crippen LogP contribution in [-0.4, -0.2) is 13.1 Å². The molecule has 2 rings (SSSR count). The van der Waals surface area contributed by atoms with Gasteiger partial charge >= 0.3 is 0 Å². The van der Waals surface area contributed by atoms with Gasteiger partial charge in [-0.25, -0.2) is 4.39 Å². The van der Waals surface area contributed by atoms with Crippen molar-refractivity contribution in [2.24, 2.45) is 0 Å². The predicted octanol–water partition coefficient (Wildman–Crippen LogP) is 4.02. The minimum Gasteiger partial charge on any atom is -0.316 e. The van der Waals surface area contributed by atoms with Crippen LogP contribution in [0.25, 0.3) is 0 Å². The number of hydrogen-bond acceptors (Lipinski definition) is 2. The van der Waals surface area contributed by atoms with Gasteiger partial charge in [0.05, 0.1) is 4.47 Å². The molecule has 4 heteroatoms. The van der Waals surface area contributed by atoms with Crippen LogP contribution in [0.4, 0.5) is 4.39 Å². The minimum absolute atomic E-state index is 0.196. The van der Waals surface area contributed by atoms with Gasteiger partial charge in [0.25, 0.3) is 0 Å². The van der Waals surface area contributed by atoms with Gasteiger partial charge in [-0.1, -0.05) is 12.1 Å². The summed E-state index contributed by atoms with van der Waals surface area (Å²) in [7, 11) is 1.95. The minimum atomic E-state index is -0.196. The van der Waals surface area contributed by atoms with E-state index in [0.717, 1.165) is 18.4 Å². The summed E-state index contributed by atoms with van der Waals surface area (Å²) in [6.07, 6.45) is 1.77. The lowest BCUT2D eigenvalue weighted by Gasteiger charge is -2.16. The fraction of sp³-hybridized carbons (Fsp3) is 0.286. The summed E-state index contributed by atoms with van der Waals surface area (Å²) in [5.41, 5.74) is 2.33. The number of likely N-dealkylation sites (N-methyl/N-ethyl adjacent to an activating group) is 1. The number of rotatable bonds is 5. The maximum atomic E-state index is 13.4. The van der Waals surface area contributed by atoms with Crippen LogP contribution in [0, 0.1) is 5.82 Å². The van der Waals surface area contributed by atoms with Gasteiger partial charge in [-0.15, -0.1) is 0 Å². The SMILES string of the molecule is CNC(Cc1ccsc1)Cc1cccc(F)c1Br. The van der Waals surface area contributed by atoms with Crippen molar-refractivity contribution in [2.75, 3.05) is 7.05 Å². The zero-order valence-electron chi connectivity index (χ0n) is 10.1. The maximum Gasteiger partial charge on any atom is 0.137 e. The molecule has 1 aromatic carbocycles. The molecule has 0 radical (unpaired) electrons. The van der Waals surface area contributed by atoms with Crippen molar-refractivity contribution in [3.63, 3.8) is 0 Å². The molecule has 96 valence electrons. The third-order valence-electron chi connectivity index (χ3n) is 2.97. The van der Waals surface area contributed by atoms with Gasteiger partial charge in [-0.2, -0.15) is 11.3 Å². The molecule has 0 fully saturated rings. The highest BCUT2D eigenvalue weighted by molar-refractivity contribution is 9.10. The lowest BCUT2D eigenvalue weighted by Crippen LogP contribution is -2.29. The standard InChI is InChI=1S/C14H15BrFNS/c1-17-12(7-10-5-6-18-9-10)8-11-3-2-4-13(16)14(11)15/h2-6,9,12,17H,7-8H2,1H3. The summed E-state index contributed by atoms with van der Waals surface area (Å²) in [4.78, 5) is 0. The Hall–Kier alpha value is -0.710. The van der Waals surface area contributed by atoms with E-state index in [2.05, 4.69) is 38.1 Å². The molecule has 0 spiro atoms. The third kappa shape index (κ3) is 3.40. The van der Waals surface area contributed by atoms with Crippen molar-refractivity contribution in [2.45, 2.75) is 18.9 Å². The molecule has 0 aliphatic heterocycles. The van der Waals surface area contributed by atoms with E-state index in [9.17, 15) is 4.39 Å².